The highest BCUT2D eigenvalue weighted by molar-refractivity contribution is 6.06. The normalized spacial score (nSPS) is 14.3. The van der Waals surface area contributed by atoms with Crippen molar-refractivity contribution in [2.24, 2.45) is 0 Å². The van der Waals surface area contributed by atoms with Gasteiger partial charge in [-0.25, -0.2) is 0 Å². The molecule has 3 amide bonds. The lowest BCUT2D eigenvalue weighted by Gasteiger charge is -2.17. The van der Waals surface area contributed by atoms with E-state index in [1.165, 1.54) is 4.90 Å². The van der Waals surface area contributed by atoms with Crippen molar-refractivity contribution in [3.63, 3.8) is 0 Å². The lowest BCUT2D eigenvalue weighted by molar-refractivity contribution is -0.139. The van der Waals surface area contributed by atoms with E-state index in [-0.39, 0.29) is 37.1 Å². The Morgan fingerprint density at radius 1 is 1.08 bits per heavy atom. The van der Waals surface area contributed by atoms with Gasteiger partial charge in [-0.2, -0.15) is 0 Å². The number of anilines is 1. The zero-order valence-electron chi connectivity index (χ0n) is 14.5. The number of hydrogen-bond acceptors (Lipinski definition) is 4. The molecule has 0 bridgehead atoms. The van der Waals surface area contributed by atoms with Crippen molar-refractivity contribution >= 4 is 23.4 Å². The number of carbonyl (C=O) groups is 3. The van der Waals surface area contributed by atoms with E-state index >= 15 is 0 Å². The summed E-state index contributed by atoms with van der Waals surface area (Å²) >= 11 is 0. The van der Waals surface area contributed by atoms with Gasteiger partial charge in [-0.05, 0) is 32.4 Å². The summed E-state index contributed by atoms with van der Waals surface area (Å²) < 4.78 is 5.51. The Morgan fingerprint density at radius 3 is 2.32 bits per heavy atom. The van der Waals surface area contributed by atoms with Crippen molar-refractivity contribution in [3.8, 4) is 0 Å². The molecule has 3 rings (SSSR count). The molecule has 1 aromatic heterocycles. The summed E-state index contributed by atoms with van der Waals surface area (Å²) in [6, 6.07) is 7.17. The first-order chi connectivity index (χ1) is 11.9. The topological polar surface area (TPSA) is 79.6 Å². The Bertz CT molecular complexity index is 850. The second kappa shape index (κ2) is 6.55. The van der Waals surface area contributed by atoms with Gasteiger partial charge in [0.15, 0.2) is 0 Å². The second-order valence-electron chi connectivity index (χ2n) is 6.20. The molecular weight excluding hydrogens is 320 g/mol. The van der Waals surface area contributed by atoms with Gasteiger partial charge in [-0.15, -0.1) is 0 Å². The molecule has 0 saturated carbocycles. The molecule has 1 N–H and O–H groups in total. The van der Waals surface area contributed by atoms with Crippen molar-refractivity contribution in [1.82, 2.24) is 4.90 Å². The van der Waals surface area contributed by atoms with Gasteiger partial charge in [-0.1, -0.05) is 18.2 Å². The number of likely N-dealkylation sites (tertiary alicyclic amines) is 1. The minimum absolute atomic E-state index is 0.163. The highest BCUT2D eigenvalue weighted by Gasteiger charge is 2.29. The molecule has 0 unspecified atom stereocenters. The molecule has 130 valence electrons. The van der Waals surface area contributed by atoms with Crippen LogP contribution in [0.5, 0.6) is 0 Å². The van der Waals surface area contributed by atoms with Crippen LogP contribution in [0, 0.1) is 20.8 Å². The molecule has 1 saturated heterocycles. The first-order valence-electron chi connectivity index (χ1n) is 8.17. The molecule has 25 heavy (non-hydrogen) atoms. The van der Waals surface area contributed by atoms with Crippen LogP contribution in [0.4, 0.5) is 5.69 Å². The highest BCUT2D eigenvalue weighted by Crippen LogP contribution is 2.25. The molecule has 2 heterocycles. The molecule has 1 fully saturated rings. The predicted octanol–water partition coefficient (Wildman–Crippen LogP) is 3.11. The fourth-order valence-electron chi connectivity index (χ4n) is 3.06. The number of para-hydroxylation sites is 1. The van der Waals surface area contributed by atoms with Crippen LogP contribution in [0.1, 0.15) is 45.8 Å². The van der Waals surface area contributed by atoms with Gasteiger partial charge in [0.1, 0.15) is 11.5 Å². The van der Waals surface area contributed by atoms with Crippen LogP contribution in [0.2, 0.25) is 0 Å². The number of imide groups is 1. The van der Waals surface area contributed by atoms with Crippen molar-refractivity contribution in [2.45, 2.75) is 40.2 Å². The quantitative estimate of drug-likeness (QED) is 0.867. The average Bonchev–Trinajstić information content (AvgIpc) is 3.01. The van der Waals surface area contributed by atoms with E-state index in [9.17, 15) is 14.4 Å². The maximum absolute atomic E-state index is 12.7. The molecule has 6 nitrogen and oxygen atoms in total. The molecule has 1 aromatic carbocycles. The number of aryl methyl sites for hydroxylation is 2. The Kier molecular flexibility index (Phi) is 4.44. The van der Waals surface area contributed by atoms with E-state index in [0.29, 0.717) is 22.8 Å². The highest BCUT2D eigenvalue weighted by atomic mass is 16.3. The van der Waals surface area contributed by atoms with Crippen LogP contribution in [0.15, 0.2) is 28.7 Å². The van der Waals surface area contributed by atoms with Crippen molar-refractivity contribution in [3.05, 3.63) is 52.5 Å². The number of rotatable bonds is 4. The van der Waals surface area contributed by atoms with Crippen LogP contribution >= 0.6 is 0 Å². The van der Waals surface area contributed by atoms with Crippen LogP contribution in [-0.4, -0.2) is 22.6 Å². The number of nitrogens with one attached hydrogen (secondary N) is 1. The van der Waals surface area contributed by atoms with Crippen LogP contribution in [0.25, 0.3) is 0 Å². The summed E-state index contributed by atoms with van der Waals surface area (Å²) in [4.78, 5) is 37.6. The Balaban J connectivity index is 1.85. The summed E-state index contributed by atoms with van der Waals surface area (Å²) in [5.74, 6) is 0.656. The number of benzene rings is 1. The van der Waals surface area contributed by atoms with Gasteiger partial charge in [0, 0.05) is 24.1 Å². The summed E-state index contributed by atoms with van der Waals surface area (Å²) in [5, 5.41) is 2.88. The number of nitrogens with zero attached hydrogens (tertiary/aromatic N) is 1. The van der Waals surface area contributed by atoms with Crippen LogP contribution in [-0.2, 0) is 16.1 Å². The number of furan rings is 1. The SMILES string of the molecule is Cc1oc(C)c(C(=O)Nc2ccccc2CN2C(=O)CCC2=O)c1C. The number of hydrogen-bond donors (Lipinski definition) is 1. The van der Waals surface area contributed by atoms with E-state index < -0.39 is 0 Å². The van der Waals surface area contributed by atoms with E-state index in [1.807, 2.05) is 19.9 Å². The Morgan fingerprint density at radius 2 is 1.72 bits per heavy atom. The van der Waals surface area contributed by atoms with Gasteiger partial charge in [0.25, 0.3) is 5.91 Å². The molecule has 1 aliphatic heterocycles. The van der Waals surface area contributed by atoms with Crippen molar-refractivity contribution in [1.29, 1.82) is 0 Å². The van der Waals surface area contributed by atoms with E-state index in [4.69, 9.17) is 4.42 Å². The van der Waals surface area contributed by atoms with E-state index in [1.54, 1.807) is 25.1 Å². The minimum Gasteiger partial charge on any atom is -0.466 e. The van der Waals surface area contributed by atoms with Crippen molar-refractivity contribution < 1.29 is 18.8 Å². The molecule has 0 atom stereocenters. The molecule has 6 heteroatoms. The molecule has 2 aromatic rings. The van der Waals surface area contributed by atoms with Crippen LogP contribution < -0.4 is 5.32 Å². The number of amides is 3. The van der Waals surface area contributed by atoms with Gasteiger partial charge in [0.2, 0.25) is 11.8 Å². The third kappa shape index (κ3) is 3.20. The fourth-order valence-corrected chi connectivity index (χ4v) is 3.06. The van der Waals surface area contributed by atoms with Gasteiger partial charge in [-0.3, -0.25) is 19.3 Å². The lowest BCUT2D eigenvalue weighted by Crippen LogP contribution is -2.29. The lowest BCUT2D eigenvalue weighted by atomic mass is 10.1. The maximum atomic E-state index is 12.7. The molecule has 1 aliphatic rings. The first kappa shape index (κ1) is 17.0. The zero-order chi connectivity index (χ0) is 18.1. The molecule has 0 spiro atoms. The Hall–Kier alpha value is -2.89. The molecular formula is C19H20N2O4. The first-order valence-corrected chi connectivity index (χ1v) is 8.17. The maximum Gasteiger partial charge on any atom is 0.259 e. The molecule has 0 aliphatic carbocycles. The summed E-state index contributed by atoms with van der Waals surface area (Å²) in [7, 11) is 0. The standard InChI is InChI=1S/C19H20N2O4/c1-11-12(2)25-13(3)18(11)19(24)20-15-7-5-4-6-14(15)10-21-16(22)8-9-17(21)23/h4-7H,8-10H2,1-3H3,(H,20,24). The summed E-state index contributed by atoms with van der Waals surface area (Å²) in [6.07, 6.45) is 0.500. The average molecular weight is 340 g/mol. The van der Waals surface area contributed by atoms with Crippen LogP contribution in [0.3, 0.4) is 0 Å². The fraction of sp³-hybridized carbons (Fsp3) is 0.316. The second-order valence-corrected chi connectivity index (χ2v) is 6.20. The Labute approximate surface area is 145 Å². The molecule has 0 radical (unpaired) electrons. The third-order valence-corrected chi connectivity index (χ3v) is 4.54. The largest absolute Gasteiger partial charge is 0.466 e. The minimum atomic E-state index is -0.265. The summed E-state index contributed by atoms with van der Waals surface area (Å²) in [5.41, 5.74) is 2.62. The van der Waals surface area contributed by atoms with Gasteiger partial charge in [0.05, 0.1) is 12.1 Å². The number of carbonyl (C=O) groups excluding carboxylic acids is 3. The van der Waals surface area contributed by atoms with Crippen molar-refractivity contribution in [2.75, 3.05) is 5.32 Å². The predicted molar refractivity (Wildman–Crippen MR) is 92.1 cm³/mol. The smallest absolute Gasteiger partial charge is 0.259 e. The third-order valence-electron chi connectivity index (χ3n) is 4.54. The zero-order valence-corrected chi connectivity index (χ0v) is 14.5. The summed E-state index contributed by atoms with van der Waals surface area (Å²) in [6.45, 7) is 5.57. The van der Waals surface area contributed by atoms with E-state index in [0.717, 1.165) is 11.1 Å². The van der Waals surface area contributed by atoms with Gasteiger partial charge < -0.3 is 9.73 Å². The van der Waals surface area contributed by atoms with E-state index in [2.05, 4.69) is 5.32 Å². The monoisotopic (exact) mass is 340 g/mol. The van der Waals surface area contributed by atoms with Gasteiger partial charge >= 0.3 is 0 Å².